The van der Waals surface area contributed by atoms with Crippen LogP contribution in [-0.2, 0) is 19.9 Å². The highest BCUT2D eigenvalue weighted by molar-refractivity contribution is 5.98. The van der Waals surface area contributed by atoms with E-state index in [0.717, 1.165) is 25.1 Å². The Bertz CT molecular complexity index is 1040. The Morgan fingerprint density at radius 3 is 2.65 bits per heavy atom. The Labute approximate surface area is 180 Å². The lowest BCUT2D eigenvalue weighted by atomic mass is 9.58. The molecular formula is C23H26N2O6. The van der Waals surface area contributed by atoms with Crippen molar-refractivity contribution in [2.24, 2.45) is 5.92 Å². The largest absolute Gasteiger partial charge is 0.493 e. The molecule has 8 nitrogen and oxygen atoms in total. The lowest BCUT2D eigenvalue weighted by Crippen LogP contribution is -2.68. The first-order valence-electron chi connectivity index (χ1n) is 10.8. The summed E-state index contributed by atoms with van der Waals surface area (Å²) in [4.78, 5) is 30.8. The van der Waals surface area contributed by atoms with Crippen LogP contribution in [0.3, 0.4) is 0 Å². The summed E-state index contributed by atoms with van der Waals surface area (Å²) in [5.41, 5.74) is -0.418. The van der Waals surface area contributed by atoms with Crippen molar-refractivity contribution < 1.29 is 28.5 Å². The average molecular weight is 426 g/mol. The minimum absolute atomic E-state index is 0.141. The summed E-state index contributed by atoms with van der Waals surface area (Å²) < 4.78 is 22.7. The molecule has 0 unspecified atom stereocenters. The van der Waals surface area contributed by atoms with E-state index in [1.54, 1.807) is 19.1 Å². The highest BCUT2D eigenvalue weighted by Crippen LogP contribution is 2.69. The number of methoxy groups -OCH3 is 3. The van der Waals surface area contributed by atoms with Crippen molar-refractivity contribution in [1.29, 1.82) is 0 Å². The Hall–Kier alpha value is -2.74. The first-order valence-corrected chi connectivity index (χ1v) is 10.8. The van der Waals surface area contributed by atoms with Crippen LogP contribution in [-0.4, -0.2) is 62.5 Å². The molecule has 7 rings (SSSR count). The SMILES string of the molecule is COC(=O)N1c2cc(OC)c(OC)cc2[C@]23CCN4CC=C[C@]45CC[C@]12[C@@H](C5)C(=O)O3. The Morgan fingerprint density at radius 2 is 1.90 bits per heavy atom. The van der Waals surface area contributed by atoms with Gasteiger partial charge in [-0.2, -0.15) is 0 Å². The zero-order valence-electron chi connectivity index (χ0n) is 18.0. The monoisotopic (exact) mass is 426 g/mol. The smallest absolute Gasteiger partial charge is 0.414 e. The number of rotatable bonds is 2. The van der Waals surface area contributed by atoms with Gasteiger partial charge in [0.1, 0.15) is 5.54 Å². The Kier molecular flexibility index (Phi) is 3.64. The quantitative estimate of drug-likeness (QED) is 0.531. The molecule has 1 amide bonds. The molecule has 1 saturated carbocycles. The molecule has 3 saturated heterocycles. The highest BCUT2D eigenvalue weighted by atomic mass is 16.6. The van der Waals surface area contributed by atoms with Crippen LogP contribution in [0.5, 0.6) is 11.5 Å². The number of fused-ring (bicyclic) bond motifs is 3. The third-order valence-corrected chi connectivity index (χ3v) is 8.38. The summed E-state index contributed by atoms with van der Waals surface area (Å²) in [5, 5.41) is 0. The van der Waals surface area contributed by atoms with Crippen molar-refractivity contribution in [2.75, 3.05) is 39.3 Å². The highest BCUT2D eigenvalue weighted by Gasteiger charge is 2.78. The zero-order valence-corrected chi connectivity index (χ0v) is 18.0. The van der Waals surface area contributed by atoms with Gasteiger partial charge in [-0.1, -0.05) is 12.2 Å². The minimum atomic E-state index is -0.938. The maximum Gasteiger partial charge on any atom is 0.414 e. The van der Waals surface area contributed by atoms with Gasteiger partial charge >= 0.3 is 12.1 Å². The number of carbonyl (C=O) groups is 2. The van der Waals surface area contributed by atoms with Crippen molar-refractivity contribution in [3.63, 3.8) is 0 Å². The van der Waals surface area contributed by atoms with E-state index in [1.807, 2.05) is 12.1 Å². The third-order valence-electron chi connectivity index (χ3n) is 8.38. The van der Waals surface area contributed by atoms with Crippen LogP contribution in [0.1, 0.15) is 31.2 Å². The molecule has 164 valence electrons. The minimum Gasteiger partial charge on any atom is -0.493 e. The number of hydrogen-bond donors (Lipinski definition) is 0. The van der Waals surface area contributed by atoms with Crippen molar-refractivity contribution in [2.45, 2.75) is 42.4 Å². The van der Waals surface area contributed by atoms with E-state index in [2.05, 4.69) is 17.1 Å². The first kappa shape index (κ1) is 19.0. The Balaban J connectivity index is 1.64. The van der Waals surface area contributed by atoms with Crippen LogP contribution in [0.4, 0.5) is 10.5 Å². The number of carbonyl (C=O) groups excluding carboxylic acids is 2. The van der Waals surface area contributed by atoms with E-state index < -0.39 is 23.2 Å². The van der Waals surface area contributed by atoms with E-state index in [9.17, 15) is 9.59 Å². The maximum absolute atomic E-state index is 13.4. The molecule has 5 aliphatic heterocycles. The number of esters is 1. The fourth-order valence-corrected chi connectivity index (χ4v) is 7.11. The van der Waals surface area contributed by atoms with Gasteiger partial charge in [-0.3, -0.25) is 14.6 Å². The standard InChI is InChI=1S/C23H26N2O6/c1-28-17-11-14-16(12-18(17)29-2)25(20(27)30-3)22-7-6-21-5-4-9-24(21)10-8-23(14,22)31-19(26)15(22)13-21/h4-5,11-12,15H,6-10,13H2,1-3H3/t15-,21+,22+,23+/m0/s1. The van der Waals surface area contributed by atoms with E-state index in [4.69, 9.17) is 18.9 Å². The molecule has 1 aromatic rings. The fourth-order valence-electron chi connectivity index (χ4n) is 7.11. The van der Waals surface area contributed by atoms with E-state index >= 15 is 0 Å². The molecular weight excluding hydrogens is 400 g/mol. The Morgan fingerprint density at radius 1 is 1.13 bits per heavy atom. The van der Waals surface area contributed by atoms with Crippen molar-refractivity contribution in [3.05, 3.63) is 29.8 Å². The van der Waals surface area contributed by atoms with Gasteiger partial charge in [0.25, 0.3) is 0 Å². The second kappa shape index (κ2) is 5.94. The van der Waals surface area contributed by atoms with Crippen molar-refractivity contribution >= 4 is 17.7 Å². The molecule has 8 heteroatoms. The van der Waals surface area contributed by atoms with Gasteiger partial charge in [-0.05, 0) is 25.3 Å². The number of nitrogens with zero attached hydrogens (tertiary/aromatic N) is 2. The normalized spacial score (nSPS) is 36.9. The summed E-state index contributed by atoms with van der Waals surface area (Å²) in [6.45, 7) is 1.65. The molecule has 1 aliphatic carbocycles. The van der Waals surface area contributed by atoms with Crippen LogP contribution in [0, 0.1) is 5.92 Å². The maximum atomic E-state index is 13.4. The molecule has 6 aliphatic rings. The van der Waals surface area contributed by atoms with Crippen LogP contribution < -0.4 is 14.4 Å². The van der Waals surface area contributed by atoms with Gasteiger partial charge in [-0.25, -0.2) is 4.79 Å². The van der Waals surface area contributed by atoms with Crippen molar-refractivity contribution in [1.82, 2.24) is 4.90 Å². The molecule has 4 fully saturated rings. The predicted molar refractivity (Wildman–Crippen MR) is 110 cm³/mol. The zero-order chi connectivity index (χ0) is 21.6. The summed E-state index contributed by atoms with van der Waals surface area (Å²) in [5.74, 6) is 0.410. The number of hydrogen-bond acceptors (Lipinski definition) is 7. The summed E-state index contributed by atoms with van der Waals surface area (Å²) in [7, 11) is 4.53. The third kappa shape index (κ3) is 1.96. The molecule has 0 aromatic heterocycles. The molecule has 0 radical (unpaired) electrons. The van der Waals surface area contributed by atoms with Gasteiger partial charge in [0.15, 0.2) is 17.1 Å². The molecule has 4 bridgehead atoms. The van der Waals surface area contributed by atoms with Crippen LogP contribution in [0.2, 0.25) is 0 Å². The van der Waals surface area contributed by atoms with E-state index in [1.165, 1.54) is 7.11 Å². The molecule has 31 heavy (non-hydrogen) atoms. The lowest BCUT2D eigenvalue weighted by Gasteiger charge is -2.56. The number of benzene rings is 1. The summed E-state index contributed by atoms with van der Waals surface area (Å²) in [6, 6.07) is 3.69. The van der Waals surface area contributed by atoms with Crippen LogP contribution in [0.15, 0.2) is 24.3 Å². The molecule has 4 atom stereocenters. The predicted octanol–water partition coefficient (Wildman–Crippen LogP) is 2.60. The second-order valence-electron chi connectivity index (χ2n) is 9.16. The van der Waals surface area contributed by atoms with Gasteiger partial charge in [-0.15, -0.1) is 0 Å². The molecule has 0 N–H and O–H groups in total. The van der Waals surface area contributed by atoms with Gasteiger partial charge in [0.2, 0.25) is 0 Å². The topological polar surface area (TPSA) is 77.5 Å². The van der Waals surface area contributed by atoms with Crippen LogP contribution in [0.25, 0.3) is 0 Å². The average Bonchev–Trinajstić information content (AvgIpc) is 3.34. The molecule has 2 spiro atoms. The summed E-state index contributed by atoms with van der Waals surface area (Å²) >= 11 is 0. The second-order valence-corrected chi connectivity index (χ2v) is 9.16. The van der Waals surface area contributed by atoms with E-state index in [0.29, 0.717) is 36.4 Å². The summed E-state index contributed by atoms with van der Waals surface area (Å²) in [6.07, 6.45) is 6.74. The number of amides is 1. The first-order chi connectivity index (χ1) is 15.0. The number of ether oxygens (including phenoxy) is 4. The van der Waals surface area contributed by atoms with Gasteiger partial charge in [0, 0.05) is 36.7 Å². The lowest BCUT2D eigenvalue weighted by molar-refractivity contribution is -0.152. The van der Waals surface area contributed by atoms with Gasteiger partial charge < -0.3 is 18.9 Å². The van der Waals surface area contributed by atoms with Crippen molar-refractivity contribution in [3.8, 4) is 11.5 Å². The van der Waals surface area contributed by atoms with E-state index in [-0.39, 0.29) is 11.5 Å². The van der Waals surface area contributed by atoms with Gasteiger partial charge in [0.05, 0.1) is 32.9 Å². The fraction of sp³-hybridized carbons (Fsp3) is 0.565. The molecule has 1 aromatic carbocycles. The number of anilines is 1. The molecule has 5 heterocycles. The van der Waals surface area contributed by atoms with Crippen LogP contribution >= 0.6 is 0 Å².